The summed E-state index contributed by atoms with van der Waals surface area (Å²) in [4.78, 5) is 11.2. The van der Waals surface area contributed by atoms with Crippen molar-refractivity contribution in [3.63, 3.8) is 0 Å². The minimum Gasteiger partial charge on any atom is -0.507 e. The maximum absolute atomic E-state index is 11.2. The summed E-state index contributed by atoms with van der Waals surface area (Å²) in [5.74, 6) is 1.38. The number of rotatable bonds is 6. The average Bonchev–Trinajstić information content (AvgIpc) is 2.82. The quantitative estimate of drug-likeness (QED) is 0.662. The van der Waals surface area contributed by atoms with Gasteiger partial charge in [-0.05, 0) is 13.0 Å². The number of hydrogen-bond donors (Lipinski definition) is 3. The maximum atomic E-state index is 11.2. The van der Waals surface area contributed by atoms with Crippen molar-refractivity contribution in [1.82, 2.24) is 10.6 Å². The van der Waals surface area contributed by atoms with Gasteiger partial charge in [0.15, 0.2) is 11.5 Å². The van der Waals surface area contributed by atoms with Gasteiger partial charge in [0.05, 0.1) is 0 Å². The van der Waals surface area contributed by atoms with Crippen LogP contribution >= 0.6 is 0 Å². The van der Waals surface area contributed by atoms with Crippen molar-refractivity contribution in [2.24, 2.45) is 0 Å². The minimum atomic E-state index is 0.0184. The lowest BCUT2D eigenvalue weighted by Crippen LogP contribution is -2.27. The van der Waals surface area contributed by atoms with E-state index in [1.54, 1.807) is 12.1 Å². The number of carbonyl (C=O) groups excluding carboxylic acids is 1. The second-order valence-corrected chi connectivity index (χ2v) is 4.21. The number of phenols is 1. The number of hydrogen-bond acceptors (Lipinski definition) is 5. The Balaban J connectivity index is 1.82. The van der Waals surface area contributed by atoms with Crippen LogP contribution in [0.15, 0.2) is 12.1 Å². The first-order chi connectivity index (χ1) is 9.20. The van der Waals surface area contributed by atoms with Crippen molar-refractivity contribution in [2.45, 2.75) is 19.9 Å². The Bertz CT molecular complexity index is 462. The lowest BCUT2D eigenvalue weighted by atomic mass is 10.1. The van der Waals surface area contributed by atoms with Gasteiger partial charge in [-0.25, -0.2) is 0 Å². The van der Waals surface area contributed by atoms with E-state index in [0.717, 1.165) is 5.56 Å². The highest BCUT2D eigenvalue weighted by Crippen LogP contribution is 2.37. The Morgan fingerprint density at radius 2 is 2.11 bits per heavy atom. The molecule has 0 aromatic heterocycles. The van der Waals surface area contributed by atoms with Crippen LogP contribution in [-0.4, -0.2) is 30.9 Å². The number of ether oxygens (including phenoxy) is 2. The van der Waals surface area contributed by atoms with Crippen molar-refractivity contribution in [3.8, 4) is 17.2 Å². The fourth-order valence-electron chi connectivity index (χ4n) is 1.83. The standard InChI is InChI=1S/C13H18N2O4/c1-2-15-13(17)3-4-14-7-9-5-11-12(6-10(9)16)19-8-18-11/h5-6,14,16H,2-4,7-8H2,1H3,(H,15,17). The van der Waals surface area contributed by atoms with Crippen LogP contribution in [0.5, 0.6) is 17.2 Å². The van der Waals surface area contributed by atoms with Gasteiger partial charge < -0.3 is 25.2 Å². The molecular formula is C13H18N2O4. The average molecular weight is 266 g/mol. The number of phenolic OH excluding ortho intramolecular Hbond substituents is 1. The molecule has 6 nitrogen and oxygen atoms in total. The molecule has 1 aromatic carbocycles. The monoisotopic (exact) mass is 266 g/mol. The van der Waals surface area contributed by atoms with E-state index >= 15 is 0 Å². The second-order valence-electron chi connectivity index (χ2n) is 4.21. The molecule has 1 heterocycles. The van der Waals surface area contributed by atoms with Crippen LogP contribution < -0.4 is 20.1 Å². The van der Waals surface area contributed by atoms with E-state index in [-0.39, 0.29) is 18.4 Å². The van der Waals surface area contributed by atoms with Gasteiger partial charge in [0.1, 0.15) is 5.75 Å². The molecule has 6 heteroatoms. The molecule has 3 N–H and O–H groups in total. The van der Waals surface area contributed by atoms with Gasteiger partial charge in [-0.3, -0.25) is 4.79 Å². The van der Waals surface area contributed by atoms with E-state index in [4.69, 9.17) is 9.47 Å². The van der Waals surface area contributed by atoms with Gasteiger partial charge in [-0.2, -0.15) is 0 Å². The van der Waals surface area contributed by atoms with E-state index in [1.807, 2.05) is 6.92 Å². The Morgan fingerprint density at radius 1 is 1.37 bits per heavy atom. The molecule has 0 radical (unpaired) electrons. The molecule has 19 heavy (non-hydrogen) atoms. The largest absolute Gasteiger partial charge is 0.507 e. The van der Waals surface area contributed by atoms with Crippen LogP contribution in [0.1, 0.15) is 18.9 Å². The fourth-order valence-corrected chi connectivity index (χ4v) is 1.83. The van der Waals surface area contributed by atoms with Crippen molar-refractivity contribution in [1.29, 1.82) is 0 Å². The molecule has 1 amide bonds. The Hall–Kier alpha value is -1.95. The number of amides is 1. The zero-order valence-corrected chi connectivity index (χ0v) is 10.9. The van der Waals surface area contributed by atoms with E-state index in [9.17, 15) is 9.90 Å². The smallest absolute Gasteiger partial charge is 0.231 e. The summed E-state index contributed by atoms with van der Waals surface area (Å²) < 4.78 is 10.4. The molecule has 0 fully saturated rings. The van der Waals surface area contributed by atoms with Crippen LogP contribution in [0.4, 0.5) is 0 Å². The number of benzene rings is 1. The third-order valence-electron chi connectivity index (χ3n) is 2.79. The number of fused-ring (bicyclic) bond motifs is 1. The molecule has 2 rings (SSSR count). The maximum Gasteiger partial charge on any atom is 0.231 e. The highest BCUT2D eigenvalue weighted by molar-refractivity contribution is 5.75. The summed E-state index contributed by atoms with van der Waals surface area (Å²) >= 11 is 0. The summed E-state index contributed by atoms with van der Waals surface area (Å²) in [5, 5.41) is 15.6. The molecule has 0 saturated carbocycles. The van der Waals surface area contributed by atoms with Crippen molar-refractivity contribution >= 4 is 5.91 Å². The first-order valence-corrected chi connectivity index (χ1v) is 6.29. The predicted octanol–water partition coefficient (Wildman–Crippen LogP) is 0.737. The van der Waals surface area contributed by atoms with Gasteiger partial charge in [0, 0.05) is 37.7 Å². The van der Waals surface area contributed by atoms with Crippen molar-refractivity contribution < 1.29 is 19.4 Å². The molecule has 0 spiro atoms. The minimum absolute atomic E-state index is 0.0184. The summed E-state index contributed by atoms with van der Waals surface area (Å²) in [6, 6.07) is 3.29. The molecule has 0 unspecified atom stereocenters. The molecule has 1 aliphatic heterocycles. The van der Waals surface area contributed by atoms with Gasteiger partial charge in [0.25, 0.3) is 0 Å². The Labute approximate surface area is 111 Å². The van der Waals surface area contributed by atoms with Crippen LogP contribution in [-0.2, 0) is 11.3 Å². The van der Waals surface area contributed by atoms with Crippen LogP contribution in [0.2, 0.25) is 0 Å². The third kappa shape index (κ3) is 3.51. The predicted molar refractivity (Wildman–Crippen MR) is 69.2 cm³/mol. The normalized spacial score (nSPS) is 12.5. The van der Waals surface area contributed by atoms with E-state index in [0.29, 0.717) is 37.6 Å². The third-order valence-corrected chi connectivity index (χ3v) is 2.79. The topological polar surface area (TPSA) is 79.8 Å². The van der Waals surface area contributed by atoms with E-state index in [2.05, 4.69) is 10.6 Å². The molecule has 0 saturated heterocycles. The Morgan fingerprint density at radius 3 is 2.84 bits per heavy atom. The summed E-state index contributed by atoms with van der Waals surface area (Å²) in [5.41, 5.74) is 0.722. The molecule has 0 atom stereocenters. The van der Waals surface area contributed by atoms with E-state index in [1.165, 1.54) is 0 Å². The van der Waals surface area contributed by atoms with Gasteiger partial charge in [-0.1, -0.05) is 0 Å². The number of aromatic hydroxyl groups is 1. The molecule has 1 aromatic rings. The van der Waals surface area contributed by atoms with Crippen molar-refractivity contribution in [3.05, 3.63) is 17.7 Å². The van der Waals surface area contributed by atoms with Gasteiger partial charge >= 0.3 is 0 Å². The number of carbonyl (C=O) groups is 1. The van der Waals surface area contributed by atoms with Crippen LogP contribution in [0.3, 0.4) is 0 Å². The molecule has 1 aliphatic rings. The zero-order valence-electron chi connectivity index (χ0n) is 10.9. The summed E-state index contributed by atoms with van der Waals surface area (Å²) in [6.07, 6.45) is 0.416. The SMILES string of the molecule is CCNC(=O)CCNCc1cc2c(cc1O)OCO2. The zero-order chi connectivity index (χ0) is 13.7. The molecule has 104 valence electrons. The molecule has 0 aliphatic carbocycles. The second kappa shape index (κ2) is 6.29. The molecule has 0 bridgehead atoms. The fraction of sp³-hybridized carbons (Fsp3) is 0.462. The lowest BCUT2D eigenvalue weighted by Gasteiger charge is -2.08. The van der Waals surface area contributed by atoms with Gasteiger partial charge in [0.2, 0.25) is 12.7 Å². The van der Waals surface area contributed by atoms with E-state index < -0.39 is 0 Å². The first-order valence-electron chi connectivity index (χ1n) is 6.29. The summed E-state index contributed by atoms with van der Waals surface area (Å²) in [7, 11) is 0. The first kappa shape index (κ1) is 13.5. The summed E-state index contributed by atoms with van der Waals surface area (Å²) in [6.45, 7) is 3.74. The highest BCUT2D eigenvalue weighted by atomic mass is 16.7. The van der Waals surface area contributed by atoms with Crippen LogP contribution in [0, 0.1) is 0 Å². The lowest BCUT2D eigenvalue weighted by molar-refractivity contribution is -0.120. The molecular weight excluding hydrogens is 248 g/mol. The number of nitrogens with one attached hydrogen (secondary N) is 2. The highest BCUT2D eigenvalue weighted by Gasteiger charge is 2.16. The van der Waals surface area contributed by atoms with Gasteiger partial charge in [-0.15, -0.1) is 0 Å². The Kier molecular flexibility index (Phi) is 4.46. The van der Waals surface area contributed by atoms with Crippen molar-refractivity contribution in [2.75, 3.05) is 19.9 Å². The van der Waals surface area contributed by atoms with Crippen LogP contribution in [0.25, 0.3) is 0 Å².